The molecule has 0 saturated carbocycles. The molecule has 0 N–H and O–H groups in total. The fourth-order valence-corrected chi connectivity index (χ4v) is 16.1. The Morgan fingerprint density at radius 3 is 1.31 bits per heavy atom. The van der Waals surface area contributed by atoms with Gasteiger partial charge in [-0.3, -0.25) is 9.97 Å². The van der Waals surface area contributed by atoms with Gasteiger partial charge in [-0.1, -0.05) is 79.1 Å². The molecule has 67 heavy (non-hydrogen) atoms. The number of aromatic nitrogens is 2. The van der Waals surface area contributed by atoms with Crippen LogP contribution >= 0.6 is 79.4 Å². The van der Waals surface area contributed by atoms with E-state index in [2.05, 4.69) is 76.2 Å². The molecule has 13 heteroatoms. The fraction of sp³-hybridized carbons (Fsp3) is 0.296. The van der Waals surface area contributed by atoms with E-state index < -0.39 is 0 Å². The third-order valence-electron chi connectivity index (χ3n) is 12.0. The van der Waals surface area contributed by atoms with E-state index in [-0.39, 0.29) is 11.1 Å². The van der Waals surface area contributed by atoms with Crippen LogP contribution in [0.5, 0.6) is 0 Å². The van der Waals surface area contributed by atoms with Crippen LogP contribution in [0.3, 0.4) is 0 Å². The van der Waals surface area contributed by atoms with Crippen molar-refractivity contribution in [1.29, 1.82) is 21.0 Å². The summed E-state index contributed by atoms with van der Waals surface area (Å²) in [4.78, 5) is 17.4. The maximum atomic E-state index is 9.44. The van der Waals surface area contributed by atoms with Gasteiger partial charge in [-0.25, -0.2) is 0 Å². The summed E-state index contributed by atoms with van der Waals surface area (Å²) in [5.41, 5.74) is 4.94. The van der Waals surface area contributed by atoms with Crippen molar-refractivity contribution in [2.24, 2.45) is 11.8 Å². The number of nitriles is 4. The highest BCUT2D eigenvalue weighted by Gasteiger charge is 2.23. The van der Waals surface area contributed by atoms with Crippen LogP contribution in [0.1, 0.15) is 99.9 Å². The van der Waals surface area contributed by atoms with Crippen LogP contribution in [0.15, 0.2) is 73.1 Å². The monoisotopic (exact) mass is 1000 g/mol. The standard InChI is InChI=1S/C54H48N6S7/c1-5-9-11-33(7-3)23-35-25-49(65-47(35)27-39-13-15-43(61-39)45-19-17-41(63-45)37(29-55)30-56)53-51-52(60-22-21-59-51)54(67-53)50-26-36(24-34(8-4)12-10-6-2)48(66-50)28-40-14-16-44(62-40)46-20-18-42(64-46)38(31-57)32-58/h13-22,25-28,33-34H,5-12,23-24H2,1-4H3/b39-27+,40-28+,45-43+,46-44+. The lowest BCUT2D eigenvalue weighted by Crippen LogP contribution is -2.04. The van der Waals surface area contributed by atoms with Crippen LogP contribution in [0.25, 0.3) is 53.8 Å². The fourth-order valence-electron chi connectivity index (χ4n) is 8.25. The maximum absolute atomic E-state index is 9.44. The lowest BCUT2D eigenvalue weighted by atomic mass is 9.92. The molecule has 0 aliphatic heterocycles. The third-order valence-corrected chi connectivity index (χ3v) is 20.4. The average Bonchev–Trinajstić information content (AvgIpc) is 4.22. The molecule has 0 radical (unpaired) electrons. The van der Waals surface area contributed by atoms with E-state index in [0.29, 0.717) is 20.9 Å². The Labute approximate surface area is 419 Å². The van der Waals surface area contributed by atoms with Crippen LogP contribution in [0, 0.1) is 75.3 Å². The molecule has 0 aliphatic carbocycles. The third kappa shape index (κ3) is 11.0. The SMILES string of the molecule is CCCCC(CC)Cc1cc(-c2sc(-c3cc(CC(CC)CCCC)c(/C=c4\cc/c(=c5/ccc(=C(C#N)C#N)s5)s4)s3)c3nccnc23)sc1/C=c1\cc/c(=c2/ccc(=C(C#N)C#N)s2)s1. The molecule has 8 aromatic rings. The molecule has 8 rings (SSSR count). The van der Waals surface area contributed by atoms with E-state index in [4.69, 9.17) is 9.97 Å². The summed E-state index contributed by atoms with van der Waals surface area (Å²) in [5, 5.41) is 37.7. The minimum absolute atomic E-state index is 0.149. The van der Waals surface area contributed by atoms with Crippen LogP contribution < -0.4 is 18.1 Å². The summed E-state index contributed by atoms with van der Waals surface area (Å²) >= 11 is 12.0. The predicted octanol–water partition coefficient (Wildman–Crippen LogP) is 13.5. The lowest BCUT2D eigenvalue weighted by molar-refractivity contribution is 0.449. The van der Waals surface area contributed by atoms with Gasteiger partial charge in [0.25, 0.3) is 0 Å². The molecular formula is C54H48N6S7. The van der Waals surface area contributed by atoms with Crippen molar-refractivity contribution in [3.05, 3.63) is 130 Å². The minimum atomic E-state index is 0.149. The highest BCUT2D eigenvalue weighted by Crippen LogP contribution is 2.48. The first-order valence-corrected chi connectivity index (χ1v) is 28.5. The first kappa shape index (κ1) is 48.1. The van der Waals surface area contributed by atoms with Gasteiger partial charge >= 0.3 is 0 Å². The van der Waals surface area contributed by atoms with Gasteiger partial charge in [0.05, 0.1) is 18.8 Å². The second-order valence-electron chi connectivity index (χ2n) is 16.5. The summed E-state index contributed by atoms with van der Waals surface area (Å²) in [6, 6.07) is 29.4. The van der Waals surface area contributed by atoms with Crippen molar-refractivity contribution in [3.63, 3.8) is 0 Å². The Hall–Kier alpha value is -5.32. The van der Waals surface area contributed by atoms with E-state index in [1.807, 2.05) is 94.9 Å². The van der Waals surface area contributed by atoms with E-state index in [9.17, 15) is 21.0 Å². The Morgan fingerprint density at radius 1 is 0.522 bits per heavy atom. The largest absolute Gasteiger partial charge is 0.251 e. The number of hydrogen-bond acceptors (Lipinski definition) is 13. The molecule has 0 saturated heterocycles. The second kappa shape index (κ2) is 22.7. The van der Waals surface area contributed by atoms with Crippen LogP contribution in [-0.2, 0) is 12.8 Å². The molecular weight excluding hydrogens is 957 g/mol. The van der Waals surface area contributed by atoms with Gasteiger partial charge in [-0.15, -0.1) is 79.4 Å². The quantitative estimate of drug-likeness (QED) is 0.0950. The topological polar surface area (TPSA) is 121 Å². The Bertz CT molecular complexity index is 3420. The number of rotatable bonds is 16. The Kier molecular flexibility index (Phi) is 16.3. The second-order valence-corrected chi connectivity index (χ2v) is 24.1. The Balaban J connectivity index is 1.24. The van der Waals surface area contributed by atoms with E-state index in [1.165, 1.54) is 101 Å². The van der Waals surface area contributed by atoms with Crippen molar-refractivity contribution in [2.75, 3.05) is 0 Å². The van der Waals surface area contributed by atoms with Gasteiger partial charge in [-0.2, -0.15) is 21.0 Å². The van der Waals surface area contributed by atoms with Gasteiger partial charge < -0.3 is 0 Å². The first-order valence-electron chi connectivity index (χ1n) is 22.7. The molecule has 336 valence electrons. The molecule has 0 bridgehead atoms. The van der Waals surface area contributed by atoms with Crippen molar-refractivity contribution in [3.8, 4) is 43.8 Å². The summed E-state index contributed by atoms with van der Waals surface area (Å²) in [6.45, 7) is 9.19. The summed E-state index contributed by atoms with van der Waals surface area (Å²) in [7, 11) is 0. The number of hydrogen-bond donors (Lipinski definition) is 0. The van der Waals surface area contributed by atoms with Crippen LogP contribution in [0.2, 0.25) is 0 Å². The molecule has 8 aromatic heterocycles. The first-order chi connectivity index (χ1) is 32.8. The Morgan fingerprint density at radius 2 is 0.925 bits per heavy atom. The smallest absolute Gasteiger partial charge is 0.146 e. The van der Waals surface area contributed by atoms with E-state index in [0.717, 1.165) is 64.6 Å². The summed E-state index contributed by atoms with van der Waals surface area (Å²) in [6.07, 6.45) is 19.9. The minimum Gasteiger partial charge on any atom is -0.251 e. The molecule has 6 nitrogen and oxygen atoms in total. The van der Waals surface area contributed by atoms with Gasteiger partial charge in [-0.05, 0) is 109 Å². The molecule has 0 fully saturated rings. The van der Waals surface area contributed by atoms with Gasteiger partial charge in [0.1, 0.15) is 46.5 Å². The average molecular weight is 1010 g/mol. The maximum Gasteiger partial charge on any atom is 0.146 e. The molecule has 0 amide bonds. The van der Waals surface area contributed by atoms with Gasteiger partial charge in [0, 0.05) is 59.1 Å². The number of nitrogens with zero attached hydrogens (tertiary/aromatic N) is 6. The van der Waals surface area contributed by atoms with Crippen molar-refractivity contribution in [1.82, 2.24) is 9.97 Å². The van der Waals surface area contributed by atoms with Gasteiger partial charge in [0.15, 0.2) is 0 Å². The molecule has 0 aliphatic rings. The van der Waals surface area contributed by atoms with E-state index in [1.54, 1.807) is 22.7 Å². The molecule has 2 atom stereocenters. The van der Waals surface area contributed by atoms with Crippen LogP contribution in [0.4, 0.5) is 0 Å². The highest BCUT2D eigenvalue weighted by atomic mass is 32.1. The van der Waals surface area contributed by atoms with Gasteiger partial charge in [0.2, 0.25) is 0 Å². The van der Waals surface area contributed by atoms with Crippen LogP contribution in [-0.4, -0.2) is 9.97 Å². The summed E-state index contributed by atoms with van der Waals surface area (Å²) < 4.78 is 8.10. The summed E-state index contributed by atoms with van der Waals surface area (Å²) in [5.74, 6) is 1.20. The van der Waals surface area contributed by atoms with Crippen molar-refractivity contribution >= 4 is 114 Å². The highest BCUT2D eigenvalue weighted by molar-refractivity contribution is 7.28. The molecule has 0 spiro atoms. The van der Waals surface area contributed by atoms with Crippen molar-refractivity contribution < 1.29 is 0 Å². The molecule has 0 aromatic carbocycles. The lowest BCUT2D eigenvalue weighted by Gasteiger charge is -2.14. The molecule has 8 heterocycles. The zero-order valence-corrected chi connectivity index (χ0v) is 43.6. The number of unbranched alkanes of at least 4 members (excludes halogenated alkanes) is 2. The normalized spacial score (nSPS) is 13.9. The number of thiophene rings is 7. The predicted molar refractivity (Wildman–Crippen MR) is 286 cm³/mol. The van der Waals surface area contributed by atoms with Crippen molar-refractivity contribution in [2.45, 2.75) is 91.9 Å². The zero-order chi connectivity index (χ0) is 46.9. The molecule has 2 unspecified atom stereocenters. The number of fused-ring (bicyclic) bond motifs is 1. The zero-order valence-electron chi connectivity index (χ0n) is 37.8. The van der Waals surface area contributed by atoms with E-state index >= 15 is 0 Å².